The minimum atomic E-state index is -0.254. The zero-order valence-corrected chi connectivity index (χ0v) is 17.1. The lowest BCUT2D eigenvalue weighted by Crippen LogP contribution is -2.14. The topological polar surface area (TPSA) is 59.8 Å². The molecular formula is C23H19FN4OS. The standard InChI is InChI=1S/C23H19FN4OS/c1-28-12-11-25-21(28)20-19(14-7-3-2-4-8-14)26-23(30-20)27-22(29)17-13-16(17)15-9-5-6-10-18(15)24/h2-12,16-17H,13H2,1H3,(H,26,27,29)/t16-,17-/m0/s1. The fourth-order valence-electron chi connectivity index (χ4n) is 3.70. The molecule has 0 radical (unpaired) electrons. The minimum absolute atomic E-state index is 0.0752. The minimum Gasteiger partial charge on any atom is -0.333 e. The lowest BCUT2D eigenvalue weighted by molar-refractivity contribution is -0.117. The summed E-state index contributed by atoms with van der Waals surface area (Å²) < 4.78 is 16.0. The van der Waals surface area contributed by atoms with Gasteiger partial charge in [-0.15, -0.1) is 0 Å². The van der Waals surface area contributed by atoms with Crippen LogP contribution in [0.25, 0.3) is 22.0 Å². The average molecular weight is 418 g/mol. The summed E-state index contributed by atoms with van der Waals surface area (Å²) in [7, 11) is 1.93. The molecule has 30 heavy (non-hydrogen) atoms. The number of nitrogens with one attached hydrogen (secondary N) is 1. The van der Waals surface area contributed by atoms with Crippen LogP contribution in [0.4, 0.5) is 9.52 Å². The predicted molar refractivity (Wildman–Crippen MR) is 116 cm³/mol. The summed E-state index contributed by atoms with van der Waals surface area (Å²) in [5.41, 5.74) is 2.35. The molecule has 1 fully saturated rings. The molecule has 1 aliphatic carbocycles. The van der Waals surface area contributed by atoms with Gasteiger partial charge >= 0.3 is 0 Å². The van der Waals surface area contributed by atoms with Gasteiger partial charge in [-0.05, 0) is 24.0 Å². The summed E-state index contributed by atoms with van der Waals surface area (Å²) in [6.45, 7) is 0. The zero-order valence-electron chi connectivity index (χ0n) is 16.2. The van der Waals surface area contributed by atoms with E-state index in [1.807, 2.05) is 48.1 Å². The molecule has 0 aliphatic heterocycles. The van der Waals surface area contributed by atoms with Gasteiger partial charge in [0.05, 0.1) is 10.6 Å². The first-order chi connectivity index (χ1) is 14.6. The number of aromatic nitrogens is 3. The van der Waals surface area contributed by atoms with Crippen molar-refractivity contribution in [3.05, 3.63) is 78.4 Å². The maximum atomic E-state index is 14.0. The van der Waals surface area contributed by atoms with Crippen LogP contribution in [0, 0.1) is 11.7 Å². The Morgan fingerprint density at radius 3 is 2.67 bits per heavy atom. The first-order valence-corrected chi connectivity index (χ1v) is 10.5. The second-order valence-corrected chi connectivity index (χ2v) is 8.38. The van der Waals surface area contributed by atoms with Crippen molar-refractivity contribution in [2.24, 2.45) is 13.0 Å². The highest BCUT2D eigenvalue weighted by Crippen LogP contribution is 2.49. The van der Waals surface area contributed by atoms with Crippen LogP contribution >= 0.6 is 11.3 Å². The van der Waals surface area contributed by atoms with Crippen LogP contribution < -0.4 is 5.32 Å². The van der Waals surface area contributed by atoms with Gasteiger partial charge in [0.15, 0.2) is 11.0 Å². The number of benzene rings is 2. The van der Waals surface area contributed by atoms with E-state index in [-0.39, 0.29) is 23.6 Å². The molecule has 2 aromatic carbocycles. The van der Waals surface area contributed by atoms with Crippen molar-refractivity contribution >= 4 is 22.4 Å². The molecule has 0 spiro atoms. The third-order valence-electron chi connectivity index (χ3n) is 5.36. The zero-order chi connectivity index (χ0) is 20.7. The van der Waals surface area contributed by atoms with Gasteiger partial charge in [0.2, 0.25) is 5.91 Å². The highest BCUT2D eigenvalue weighted by Gasteiger charge is 2.45. The first-order valence-electron chi connectivity index (χ1n) is 9.71. The van der Waals surface area contributed by atoms with E-state index >= 15 is 0 Å². The number of thiazole rings is 1. The quantitative estimate of drug-likeness (QED) is 0.491. The fourth-order valence-corrected chi connectivity index (χ4v) is 4.73. The van der Waals surface area contributed by atoms with Crippen LogP contribution in [-0.2, 0) is 11.8 Å². The maximum absolute atomic E-state index is 14.0. The lowest BCUT2D eigenvalue weighted by Gasteiger charge is -2.03. The van der Waals surface area contributed by atoms with Gasteiger partial charge in [-0.1, -0.05) is 59.9 Å². The largest absolute Gasteiger partial charge is 0.333 e. The molecule has 1 N–H and O–H groups in total. The van der Waals surface area contributed by atoms with Crippen LogP contribution in [0.3, 0.4) is 0 Å². The maximum Gasteiger partial charge on any atom is 0.229 e. The van der Waals surface area contributed by atoms with Crippen molar-refractivity contribution in [2.45, 2.75) is 12.3 Å². The van der Waals surface area contributed by atoms with E-state index in [9.17, 15) is 9.18 Å². The van der Waals surface area contributed by atoms with Crippen LogP contribution in [0.2, 0.25) is 0 Å². The lowest BCUT2D eigenvalue weighted by atomic mass is 10.1. The molecule has 0 unspecified atom stereocenters. The summed E-state index contributed by atoms with van der Waals surface area (Å²) >= 11 is 1.40. The monoisotopic (exact) mass is 418 g/mol. The Bertz CT molecular complexity index is 1220. The summed E-state index contributed by atoms with van der Waals surface area (Å²) in [5.74, 6) is 0.109. The number of rotatable bonds is 5. The van der Waals surface area contributed by atoms with E-state index < -0.39 is 0 Å². The molecule has 1 aliphatic rings. The Kier molecular flexibility index (Phi) is 4.67. The van der Waals surface area contributed by atoms with Gasteiger partial charge in [-0.2, -0.15) is 0 Å². The predicted octanol–water partition coefficient (Wildman–Crippen LogP) is 5.09. The number of hydrogen-bond donors (Lipinski definition) is 1. The van der Waals surface area contributed by atoms with Gasteiger partial charge < -0.3 is 9.88 Å². The molecule has 2 heterocycles. The Hall–Kier alpha value is -3.32. The number of aryl methyl sites for hydroxylation is 1. The van der Waals surface area contributed by atoms with Crippen molar-refractivity contribution in [1.29, 1.82) is 0 Å². The molecular weight excluding hydrogens is 399 g/mol. The summed E-state index contributed by atoms with van der Waals surface area (Å²) in [6.07, 6.45) is 4.27. The van der Waals surface area contributed by atoms with Crippen molar-refractivity contribution in [1.82, 2.24) is 14.5 Å². The van der Waals surface area contributed by atoms with E-state index in [0.717, 1.165) is 22.0 Å². The van der Waals surface area contributed by atoms with Gasteiger partial charge in [0.25, 0.3) is 0 Å². The molecule has 1 saturated carbocycles. The van der Waals surface area contributed by atoms with Gasteiger partial charge in [-0.3, -0.25) is 4.79 Å². The highest BCUT2D eigenvalue weighted by molar-refractivity contribution is 7.19. The number of anilines is 1. The molecule has 4 aromatic rings. The summed E-state index contributed by atoms with van der Waals surface area (Å²) in [6, 6.07) is 16.5. The second kappa shape index (κ2) is 7.50. The smallest absolute Gasteiger partial charge is 0.229 e. The molecule has 7 heteroatoms. The van der Waals surface area contributed by atoms with Gasteiger partial charge in [0.1, 0.15) is 5.82 Å². The van der Waals surface area contributed by atoms with E-state index in [0.29, 0.717) is 17.1 Å². The average Bonchev–Trinajstić information content (AvgIpc) is 3.27. The molecule has 0 bridgehead atoms. The highest BCUT2D eigenvalue weighted by atomic mass is 32.1. The number of carbonyl (C=O) groups is 1. The molecule has 5 nitrogen and oxygen atoms in total. The molecule has 0 saturated heterocycles. The van der Waals surface area contributed by atoms with Gasteiger partial charge in [-0.25, -0.2) is 14.4 Å². The van der Waals surface area contributed by atoms with Crippen molar-refractivity contribution in [3.8, 4) is 22.0 Å². The fraction of sp³-hybridized carbons (Fsp3) is 0.174. The van der Waals surface area contributed by atoms with Crippen LogP contribution in [0.5, 0.6) is 0 Å². The number of carbonyl (C=O) groups excluding carboxylic acids is 1. The summed E-state index contributed by atoms with van der Waals surface area (Å²) in [4.78, 5) is 22.8. The third kappa shape index (κ3) is 3.41. The molecule has 150 valence electrons. The van der Waals surface area contributed by atoms with E-state index in [1.165, 1.54) is 17.4 Å². The van der Waals surface area contributed by atoms with Crippen LogP contribution in [0.1, 0.15) is 17.9 Å². The van der Waals surface area contributed by atoms with Crippen molar-refractivity contribution < 1.29 is 9.18 Å². The van der Waals surface area contributed by atoms with Crippen LogP contribution in [0.15, 0.2) is 67.0 Å². The molecule has 2 aromatic heterocycles. The number of halogens is 1. The third-order valence-corrected chi connectivity index (χ3v) is 6.33. The Morgan fingerprint density at radius 2 is 1.93 bits per heavy atom. The Balaban J connectivity index is 1.42. The molecule has 5 rings (SSSR count). The number of hydrogen-bond acceptors (Lipinski definition) is 4. The van der Waals surface area contributed by atoms with E-state index in [2.05, 4.69) is 10.3 Å². The van der Waals surface area contributed by atoms with Crippen LogP contribution in [-0.4, -0.2) is 20.4 Å². The second-order valence-electron chi connectivity index (χ2n) is 7.38. The number of nitrogens with zero attached hydrogens (tertiary/aromatic N) is 3. The Morgan fingerprint density at radius 1 is 1.17 bits per heavy atom. The van der Waals surface area contributed by atoms with E-state index in [4.69, 9.17) is 4.98 Å². The van der Waals surface area contributed by atoms with E-state index in [1.54, 1.807) is 24.4 Å². The molecule has 1 amide bonds. The van der Waals surface area contributed by atoms with Gasteiger partial charge in [0, 0.05) is 30.9 Å². The normalized spacial score (nSPS) is 17.7. The molecule has 2 atom stereocenters. The van der Waals surface area contributed by atoms with Crippen molar-refractivity contribution in [2.75, 3.05) is 5.32 Å². The SMILES string of the molecule is Cn1ccnc1-c1sc(NC(=O)[C@H]2C[C@H]2c2ccccc2F)nc1-c1ccccc1. The number of amides is 1. The first kappa shape index (κ1) is 18.7. The summed E-state index contributed by atoms with van der Waals surface area (Å²) in [5, 5.41) is 3.47. The number of imidazole rings is 1. The Labute approximate surface area is 177 Å². The van der Waals surface area contributed by atoms with Crippen molar-refractivity contribution in [3.63, 3.8) is 0 Å².